The van der Waals surface area contributed by atoms with Crippen molar-refractivity contribution < 1.29 is 0 Å². The van der Waals surface area contributed by atoms with Crippen molar-refractivity contribution in [2.75, 3.05) is 17.3 Å². The minimum Gasteiger partial charge on any atom is -0.365 e. The molecule has 0 unspecified atom stereocenters. The molecule has 1 aromatic heterocycles. The molecule has 0 saturated heterocycles. The maximum Gasteiger partial charge on any atom is 0.263 e. The van der Waals surface area contributed by atoms with Crippen LogP contribution in [0.4, 0.5) is 11.6 Å². The molecule has 8 nitrogen and oxygen atoms in total. The lowest BCUT2D eigenvalue weighted by Gasteiger charge is -2.13. The van der Waals surface area contributed by atoms with Crippen LogP contribution in [0.25, 0.3) is 0 Å². The lowest BCUT2D eigenvalue weighted by Crippen LogP contribution is -2.11. The van der Waals surface area contributed by atoms with Gasteiger partial charge in [0.1, 0.15) is 0 Å². The number of anilines is 2. The van der Waals surface area contributed by atoms with Crippen molar-refractivity contribution in [1.29, 1.82) is 0 Å². The van der Waals surface area contributed by atoms with Crippen LogP contribution >= 0.6 is 0 Å². The van der Waals surface area contributed by atoms with Crippen LogP contribution in [0.3, 0.4) is 0 Å². The minimum absolute atomic E-state index is 0.153. The van der Waals surface area contributed by atoms with Gasteiger partial charge in [-0.3, -0.25) is 5.01 Å². The summed E-state index contributed by atoms with van der Waals surface area (Å²) in [5.74, 6) is 0.153. The first kappa shape index (κ1) is 12.3. The summed E-state index contributed by atoms with van der Waals surface area (Å²) in [6.07, 6.45) is 2.66. The van der Waals surface area contributed by atoms with Gasteiger partial charge in [0, 0.05) is 18.7 Å². The Kier molecular flexibility index (Phi) is 3.12. The molecule has 2 aromatic rings. The topological polar surface area (TPSA) is 97.6 Å². The monoisotopic (exact) mass is 270 g/mol. The van der Waals surface area contributed by atoms with Crippen LogP contribution < -0.4 is 10.7 Å². The molecule has 0 spiro atoms. The highest BCUT2D eigenvalue weighted by atomic mass is 15.7. The van der Waals surface area contributed by atoms with E-state index in [0.717, 1.165) is 29.9 Å². The molecule has 20 heavy (non-hydrogen) atoms. The van der Waals surface area contributed by atoms with Crippen molar-refractivity contribution in [1.82, 2.24) is 20.3 Å². The molecule has 102 valence electrons. The van der Waals surface area contributed by atoms with Gasteiger partial charge in [0.2, 0.25) is 0 Å². The Morgan fingerprint density at radius 3 is 2.70 bits per heavy atom. The molecular formula is C12H14N8. The van der Waals surface area contributed by atoms with Gasteiger partial charge < -0.3 is 5.73 Å². The Balaban J connectivity index is 1.73. The molecule has 0 atom stereocenters. The van der Waals surface area contributed by atoms with Gasteiger partial charge in [-0.2, -0.15) is 10.2 Å². The second kappa shape index (κ2) is 5.08. The Bertz CT molecular complexity index is 654. The standard InChI is InChI=1S/C12H14N8/c1-9-6-7-19(16-9)11-4-2-10(3-5-11)8-14-20-12(13)15-17-18-20/h2-5,8H,6-7H2,1H3,(H2,13,15,18). The van der Waals surface area contributed by atoms with Crippen LogP contribution in [-0.4, -0.2) is 38.8 Å². The average Bonchev–Trinajstić information content (AvgIpc) is 3.06. The average molecular weight is 270 g/mol. The summed E-state index contributed by atoms with van der Waals surface area (Å²) in [5.41, 5.74) is 8.68. The van der Waals surface area contributed by atoms with Crippen molar-refractivity contribution >= 4 is 23.6 Å². The molecule has 0 amide bonds. The highest BCUT2D eigenvalue weighted by Gasteiger charge is 2.12. The smallest absolute Gasteiger partial charge is 0.263 e. The van der Waals surface area contributed by atoms with Crippen molar-refractivity contribution in [3.8, 4) is 0 Å². The van der Waals surface area contributed by atoms with Crippen LogP contribution in [0, 0.1) is 0 Å². The highest BCUT2D eigenvalue weighted by molar-refractivity contribution is 5.86. The van der Waals surface area contributed by atoms with Crippen LogP contribution in [0.5, 0.6) is 0 Å². The van der Waals surface area contributed by atoms with E-state index in [9.17, 15) is 0 Å². The van der Waals surface area contributed by atoms with Crippen molar-refractivity contribution in [3.63, 3.8) is 0 Å². The van der Waals surface area contributed by atoms with Gasteiger partial charge in [-0.15, -0.1) is 0 Å². The van der Waals surface area contributed by atoms with E-state index in [4.69, 9.17) is 5.73 Å². The van der Waals surface area contributed by atoms with Crippen LogP contribution in [-0.2, 0) is 0 Å². The number of hydrogen-bond donors (Lipinski definition) is 1. The number of hydrazone groups is 1. The molecule has 1 aromatic carbocycles. The number of hydrogen-bond acceptors (Lipinski definition) is 7. The van der Waals surface area contributed by atoms with Gasteiger partial charge in [-0.05, 0) is 35.0 Å². The lowest BCUT2D eigenvalue weighted by atomic mass is 10.2. The van der Waals surface area contributed by atoms with Crippen molar-refractivity contribution in [2.45, 2.75) is 13.3 Å². The molecule has 2 heterocycles. The van der Waals surface area contributed by atoms with Crippen LogP contribution in [0.15, 0.2) is 34.5 Å². The van der Waals surface area contributed by atoms with E-state index in [1.54, 1.807) is 6.21 Å². The van der Waals surface area contributed by atoms with Gasteiger partial charge in [-0.25, -0.2) is 0 Å². The van der Waals surface area contributed by atoms with Crippen molar-refractivity contribution in [2.24, 2.45) is 10.2 Å². The summed E-state index contributed by atoms with van der Waals surface area (Å²) >= 11 is 0. The Morgan fingerprint density at radius 1 is 1.30 bits per heavy atom. The third-order valence-electron chi connectivity index (χ3n) is 2.96. The molecule has 1 aliphatic rings. The van der Waals surface area contributed by atoms with E-state index < -0.39 is 0 Å². The van der Waals surface area contributed by atoms with Crippen LogP contribution in [0.2, 0.25) is 0 Å². The zero-order chi connectivity index (χ0) is 13.9. The minimum atomic E-state index is 0.153. The first-order valence-corrected chi connectivity index (χ1v) is 6.22. The molecule has 0 saturated carbocycles. The van der Waals surface area contributed by atoms with Gasteiger partial charge in [0.05, 0.1) is 11.9 Å². The predicted octanol–water partition coefficient (Wildman–Crippen LogP) is 0.723. The van der Waals surface area contributed by atoms with Gasteiger partial charge >= 0.3 is 0 Å². The Labute approximate surface area is 115 Å². The second-order valence-electron chi connectivity index (χ2n) is 4.47. The second-order valence-corrected chi connectivity index (χ2v) is 4.47. The summed E-state index contributed by atoms with van der Waals surface area (Å²) in [5, 5.41) is 21.1. The molecule has 0 radical (unpaired) electrons. The summed E-state index contributed by atoms with van der Waals surface area (Å²) in [7, 11) is 0. The summed E-state index contributed by atoms with van der Waals surface area (Å²) < 4.78 is 0. The predicted molar refractivity (Wildman–Crippen MR) is 76.7 cm³/mol. The molecule has 0 bridgehead atoms. The SMILES string of the molecule is CC1=NN(c2ccc(C=Nn3nnnc3N)cc2)CC1. The number of aromatic nitrogens is 4. The molecular weight excluding hydrogens is 256 g/mol. The largest absolute Gasteiger partial charge is 0.365 e. The zero-order valence-electron chi connectivity index (χ0n) is 11.0. The number of tetrazole rings is 1. The van der Waals surface area contributed by atoms with Crippen molar-refractivity contribution in [3.05, 3.63) is 29.8 Å². The zero-order valence-corrected chi connectivity index (χ0v) is 11.0. The molecule has 1 aliphatic heterocycles. The fourth-order valence-electron chi connectivity index (χ4n) is 1.89. The fourth-order valence-corrected chi connectivity index (χ4v) is 1.89. The van der Waals surface area contributed by atoms with Gasteiger partial charge in [0.15, 0.2) is 0 Å². The fraction of sp³-hybridized carbons (Fsp3) is 0.250. The lowest BCUT2D eigenvalue weighted by molar-refractivity contribution is 0.699. The van der Waals surface area contributed by atoms with E-state index >= 15 is 0 Å². The third-order valence-corrected chi connectivity index (χ3v) is 2.96. The quantitative estimate of drug-likeness (QED) is 0.829. The van der Waals surface area contributed by atoms with E-state index in [0.29, 0.717) is 0 Å². The van der Waals surface area contributed by atoms with Crippen LogP contribution in [0.1, 0.15) is 18.9 Å². The number of nitrogens with zero attached hydrogens (tertiary/aromatic N) is 7. The molecule has 8 heteroatoms. The molecule has 3 rings (SSSR count). The summed E-state index contributed by atoms with van der Waals surface area (Å²) in [4.78, 5) is 1.17. The van der Waals surface area contributed by atoms with E-state index in [1.165, 1.54) is 4.79 Å². The molecule has 2 N–H and O–H groups in total. The van der Waals surface area contributed by atoms with Gasteiger partial charge in [0.25, 0.3) is 5.95 Å². The maximum atomic E-state index is 5.52. The first-order chi connectivity index (χ1) is 9.72. The number of rotatable bonds is 3. The number of nitrogen functional groups attached to an aromatic ring is 1. The highest BCUT2D eigenvalue weighted by Crippen LogP contribution is 2.19. The first-order valence-electron chi connectivity index (χ1n) is 6.22. The van der Waals surface area contributed by atoms with E-state index in [2.05, 4.69) is 25.7 Å². The van der Waals surface area contributed by atoms with Gasteiger partial charge in [-0.1, -0.05) is 22.0 Å². The summed E-state index contributed by atoms with van der Waals surface area (Å²) in [6.45, 7) is 2.97. The maximum absolute atomic E-state index is 5.52. The molecule has 0 aliphatic carbocycles. The Morgan fingerprint density at radius 2 is 2.10 bits per heavy atom. The number of nitrogens with two attached hydrogens (primary N) is 1. The Hall–Kier alpha value is -2.77. The van der Waals surface area contributed by atoms with E-state index in [1.807, 2.05) is 36.2 Å². The summed E-state index contributed by atoms with van der Waals surface area (Å²) in [6, 6.07) is 7.93. The molecule has 0 fully saturated rings. The third kappa shape index (κ3) is 2.48. The number of benzene rings is 1. The van der Waals surface area contributed by atoms with E-state index in [-0.39, 0.29) is 5.95 Å². The normalized spacial score (nSPS) is 15.1.